The van der Waals surface area contributed by atoms with E-state index in [1.807, 2.05) is 0 Å². The largest absolute Gasteiger partial charge is 0.444 e. The van der Waals surface area contributed by atoms with Crippen molar-refractivity contribution in [2.24, 2.45) is 0 Å². The fourth-order valence-corrected chi connectivity index (χ4v) is 2.12. The normalized spacial score (nSPS) is 13.1. The molecule has 0 bridgehead atoms. The Bertz CT molecular complexity index is 645. The highest BCUT2D eigenvalue weighted by Gasteiger charge is 2.32. The highest BCUT2D eigenvalue weighted by Crippen LogP contribution is 2.32. The number of nitrogens with one attached hydrogen (secondary N) is 2. The van der Waals surface area contributed by atoms with Gasteiger partial charge in [-0.2, -0.15) is 13.2 Å². The highest BCUT2D eigenvalue weighted by molar-refractivity contribution is 6.31. The van der Waals surface area contributed by atoms with Crippen LogP contribution < -0.4 is 10.6 Å². The molecule has 1 unspecified atom stereocenters. The number of carbonyl (C=O) groups excluding carboxylic acids is 2. The van der Waals surface area contributed by atoms with Crippen molar-refractivity contribution in [1.82, 2.24) is 15.6 Å². The van der Waals surface area contributed by atoms with Crippen LogP contribution in [0.15, 0.2) is 12.3 Å². The number of hydrogen-bond acceptors (Lipinski definition) is 4. The smallest absolute Gasteiger partial charge is 0.417 e. The third kappa shape index (κ3) is 7.16. The van der Waals surface area contributed by atoms with Crippen molar-refractivity contribution in [3.05, 3.63) is 28.5 Å². The van der Waals surface area contributed by atoms with Gasteiger partial charge in [0.15, 0.2) is 0 Å². The van der Waals surface area contributed by atoms with Gasteiger partial charge in [0.2, 0.25) is 5.91 Å². The van der Waals surface area contributed by atoms with Gasteiger partial charge in [-0.15, -0.1) is 0 Å². The fraction of sp³-hybridized carbons (Fsp3) is 0.533. The molecule has 0 aliphatic rings. The van der Waals surface area contributed by atoms with Crippen molar-refractivity contribution < 1.29 is 27.5 Å². The fourth-order valence-electron chi connectivity index (χ4n) is 1.82. The molecule has 0 aliphatic heterocycles. The third-order valence-corrected chi connectivity index (χ3v) is 3.06. The lowest BCUT2D eigenvalue weighted by Gasteiger charge is -2.23. The second kappa shape index (κ2) is 7.90. The molecule has 1 atom stereocenters. The van der Waals surface area contributed by atoms with Crippen LogP contribution in [0.2, 0.25) is 5.02 Å². The second-order valence-electron chi connectivity index (χ2n) is 6.22. The van der Waals surface area contributed by atoms with Gasteiger partial charge in [0.05, 0.1) is 22.3 Å². The molecule has 6 nitrogen and oxygen atoms in total. The molecule has 0 spiro atoms. The third-order valence-electron chi connectivity index (χ3n) is 2.75. The van der Waals surface area contributed by atoms with Crippen molar-refractivity contribution in [1.29, 1.82) is 0 Å². The summed E-state index contributed by atoms with van der Waals surface area (Å²) in [6.07, 6.45) is -4.72. The van der Waals surface area contributed by atoms with Gasteiger partial charge in [0, 0.05) is 19.7 Å². The van der Waals surface area contributed by atoms with Gasteiger partial charge in [-0.3, -0.25) is 9.78 Å². The number of pyridine rings is 1. The summed E-state index contributed by atoms with van der Waals surface area (Å²) in [7, 11) is 0. The topological polar surface area (TPSA) is 80.3 Å². The van der Waals surface area contributed by atoms with Gasteiger partial charge < -0.3 is 15.4 Å². The van der Waals surface area contributed by atoms with E-state index in [4.69, 9.17) is 16.3 Å². The van der Waals surface area contributed by atoms with Crippen LogP contribution in [-0.4, -0.2) is 29.1 Å². The maximum atomic E-state index is 12.7. The average Bonchev–Trinajstić information content (AvgIpc) is 2.40. The van der Waals surface area contributed by atoms with E-state index in [-0.39, 0.29) is 17.3 Å². The van der Waals surface area contributed by atoms with Crippen LogP contribution in [0, 0.1) is 0 Å². The standard InChI is InChI=1S/C15H19ClF3N3O3/c1-8(23)22-11(7-21-13(24)25-14(2,3)4)12-10(16)5-9(6-20-12)15(17,18)19/h5-6,11H,7H2,1-4H3,(H,21,24)(H,22,23). The molecule has 0 saturated heterocycles. The molecule has 2 amide bonds. The maximum Gasteiger partial charge on any atom is 0.417 e. The Hall–Kier alpha value is -2.03. The van der Waals surface area contributed by atoms with Crippen LogP contribution >= 0.6 is 11.6 Å². The van der Waals surface area contributed by atoms with Crippen molar-refractivity contribution in [2.45, 2.75) is 45.5 Å². The molecule has 25 heavy (non-hydrogen) atoms. The lowest BCUT2D eigenvalue weighted by molar-refractivity contribution is -0.137. The van der Waals surface area contributed by atoms with Crippen LogP contribution in [-0.2, 0) is 15.7 Å². The minimum atomic E-state index is -4.59. The number of rotatable bonds is 4. The zero-order valence-electron chi connectivity index (χ0n) is 14.1. The molecule has 0 fully saturated rings. The Morgan fingerprint density at radius 2 is 1.92 bits per heavy atom. The molecule has 10 heteroatoms. The van der Waals surface area contributed by atoms with Gasteiger partial charge in [-0.05, 0) is 26.8 Å². The summed E-state index contributed by atoms with van der Waals surface area (Å²) in [6.45, 7) is 6.08. The van der Waals surface area contributed by atoms with E-state index in [0.29, 0.717) is 12.3 Å². The van der Waals surface area contributed by atoms with E-state index in [1.54, 1.807) is 20.8 Å². The SMILES string of the molecule is CC(=O)NC(CNC(=O)OC(C)(C)C)c1ncc(C(F)(F)F)cc1Cl. The minimum Gasteiger partial charge on any atom is -0.444 e. The molecule has 0 aromatic carbocycles. The van der Waals surface area contributed by atoms with Gasteiger partial charge in [0.1, 0.15) is 5.60 Å². The maximum absolute atomic E-state index is 12.7. The predicted octanol–water partition coefficient (Wildman–Crippen LogP) is 3.46. The summed E-state index contributed by atoms with van der Waals surface area (Å²) in [5, 5.41) is 4.62. The summed E-state index contributed by atoms with van der Waals surface area (Å²) in [5.74, 6) is -0.464. The minimum absolute atomic E-state index is 0.000857. The van der Waals surface area contributed by atoms with Gasteiger partial charge >= 0.3 is 12.3 Å². The lowest BCUT2D eigenvalue weighted by Crippen LogP contribution is -2.40. The van der Waals surface area contributed by atoms with E-state index in [2.05, 4.69) is 15.6 Å². The van der Waals surface area contributed by atoms with Crippen molar-refractivity contribution >= 4 is 23.6 Å². The first-order valence-electron chi connectivity index (χ1n) is 7.26. The van der Waals surface area contributed by atoms with Crippen molar-refractivity contribution in [3.63, 3.8) is 0 Å². The molecule has 0 saturated carbocycles. The number of halogens is 4. The van der Waals surface area contributed by atoms with Gasteiger partial charge in [0.25, 0.3) is 0 Å². The Kier molecular flexibility index (Phi) is 6.64. The number of alkyl halides is 3. The van der Waals surface area contributed by atoms with E-state index in [9.17, 15) is 22.8 Å². The van der Waals surface area contributed by atoms with Gasteiger partial charge in [-0.1, -0.05) is 11.6 Å². The number of alkyl carbamates (subject to hydrolysis) is 1. The number of nitrogens with zero attached hydrogens (tertiary/aromatic N) is 1. The van der Waals surface area contributed by atoms with Crippen molar-refractivity contribution in [3.8, 4) is 0 Å². The number of ether oxygens (including phenoxy) is 1. The highest BCUT2D eigenvalue weighted by atomic mass is 35.5. The quantitative estimate of drug-likeness (QED) is 0.837. The van der Waals surface area contributed by atoms with Crippen LogP contribution in [0.4, 0.5) is 18.0 Å². The zero-order valence-corrected chi connectivity index (χ0v) is 14.9. The molecule has 1 heterocycles. The first-order chi connectivity index (χ1) is 11.3. The molecule has 0 aliphatic carbocycles. The number of hydrogen-bond donors (Lipinski definition) is 2. The summed E-state index contributed by atoms with van der Waals surface area (Å²) >= 11 is 5.88. The molecule has 140 valence electrons. The molecule has 1 rings (SSSR count). The van der Waals surface area contributed by atoms with Crippen LogP contribution in [0.3, 0.4) is 0 Å². The summed E-state index contributed by atoms with van der Waals surface area (Å²) < 4.78 is 43.1. The van der Waals surface area contributed by atoms with Crippen molar-refractivity contribution in [2.75, 3.05) is 6.54 Å². The second-order valence-corrected chi connectivity index (χ2v) is 6.63. The molecule has 2 N–H and O–H groups in total. The first-order valence-corrected chi connectivity index (χ1v) is 7.64. The Balaban J connectivity index is 2.96. The van der Waals surface area contributed by atoms with E-state index in [0.717, 1.165) is 0 Å². The summed E-state index contributed by atoms with van der Waals surface area (Å²) in [5.41, 5.74) is -1.73. The predicted molar refractivity (Wildman–Crippen MR) is 85.0 cm³/mol. The lowest BCUT2D eigenvalue weighted by atomic mass is 10.1. The van der Waals surface area contributed by atoms with Gasteiger partial charge in [-0.25, -0.2) is 4.79 Å². The van der Waals surface area contributed by atoms with E-state index in [1.165, 1.54) is 6.92 Å². The number of carbonyl (C=O) groups is 2. The van der Waals surface area contributed by atoms with Crippen LogP contribution in [0.25, 0.3) is 0 Å². The van der Waals surface area contributed by atoms with E-state index < -0.39 is 35.4 Å². The monoisotopic (exact) mass is 381 g/mol. The molecule has 0 radical (unpaired) electrons. The first kappa shape index (κ1) is 21.0. The molecule has 1 aromatic heterocycles. The molecule has 1 aromatic rings. The number of amides is 2. The Morgan fingerprint density at radius 1 is 1.32 bits per heavy atom. The zero-order chi connectivity index (χ0) is 19.4. The molecular formula is C15H19ClF3N3O3. The van der Waals surface area contributed by atoms with Crippen LogP contribution in [0.5, 0.6) is 0 Å². The average molecular weight is 382 g/mol. The van der Waals surface area contributed by atoms with Crippen LogP contribution in [0.1, 0.15) is 45.0 Å². The Labute approximate surface area is 148 Å². The number of aromatic nitrogens is 1. The Morgan fingerprint density at radius 3 is 2.36 bits per heavy atom. The molecular weight excluding hydrogens is 363 g/mol. The summed E-state index contributed by atoms with van der Waals surface area (Å²) in [4.78, 5) is 26.7. The summed E-state index contributed by atoms with van der Waals surface area (Å²) in [6, 6.07) is -0.202. The van der Waals surface area contributed by atoms with E-state index >= 15 is 0 Å².